The van der Waals surface area contributed by atoms with Crippen LogP contribution in [0, 0.1) is 0 Å². The first kappa shape index (κ1) is 25.2. The van der Waals surface area contributed by atoms with Crippen molar-refractivity contribution in [2.45, 2.75) is 0 Å². The van der Waals surface area contributed by atoms with Crippen molar-refractivity contribution in [3.05, 3.63) is 152 Å². The fraction of sp³-hybridized carbons (Fsp3) is 0. The third-order valence-electron chi connectivity index (χ3n) is 10.4. The van der Waals surface area contributed by atoms with E-state index in [9.17, 15) is 0 Å². The maximum atomic E-state index is 6.87. The Morgan fingerprint density at radius 3 is 2.04 bits per heavy atom. The van der Waals surface area contributed by atoms with Crippen LogP contribution in [0.15, 0.2) is 152 Å². The molecule has 7 aromatic rings. The van der Waals surface area contributed by atoms with E-state index in [1.807, 2.05) is 12.4 Å². The summed E-state index contributed by atoms with van der Waals surface area (Å²) in [5.74, 6) is 1.88. The first-order chi connectivity index (χ1) is 23.3. The number of pyridine rings is 1. The maximum absolute atomic E-state index is 6.87. The molecule has 6 aromatic carbocycles. The Balaban J connectivity index is 1.29. The van der Waals surface area contributed by atoms with Crippen molar-refractivity contribution in [2.24, 2.45) is 0 Å². The molecule has 0 amide bonds. The van der Waals surface area contributed by atoms with Crippen LogP contribution in [0.5, 0.6) is 11.5 Å². The second-order valence-corrected chi connectivity index (χ2v) is 12.7. The zero-order chi connectivity index (χ0) is 30.6. The molecule has 4 nitrogen and oxygen atoms in total. The summed E-state index contributed by atoms with van der Waals surface area (Å²) in [6.45, 7) is 0.0395. The van der Waals surface area contributed by atoms with Gasteiger partial charge in [-0.1, -0.05) is 84.9 Å². The molecule has 1 aromatic heterocycles. The lowest BCUT2D eigenvalue weighted by Gasteiger charge is -2.50. The molecule has 0 bridgehead atoms. The molecule has 47 heavy (non-hydrogen) atoms. The smallest absolute Gasteiger partial charge is 0.333 e. The minimum atomic E-state index is -0.0385. The Morgan fingerprint density at radius 1 is 0.511 bits per heavy atom. The predicted molar refractivity (Wildman–Crippen MR) is 195 cm³/mol. The Hall–Kier alpha value is -6.00. The highest BCUT2D eigenvalue weighted by Gasteiger charge is 2.51. The Bertz CT molecular complexity index is 2430. The molecular formula is C41H25B2N3O. The second-order valence-electron chi connectivity index (χ2n) is 12.7. The number of fused-ring (bicyclic) bond motifs is 10. The van der Waals surface area contributed by atoms with E-state index >= 15 is 0 Å². The molecule has 0 N–H and O–H groups in total. The summed E-state index contributed by atoms with van der Waals surface area (Å²) in [7, 11) is 0. The summed E-state index contributed by atoms with van der Waals surface area (Å²) in [4.78, 5) is 9.37. The molecule has 0 saturated heterocycles. The van der Waals surface area contributed by atoms with Gasteiger partial charge in [0.25, 0.3) is 6.71 Å². The summed E-state index contributed by atoms with van der Waals surface area (Å²) < 4.78 is 6.87. The van der Waals surface area contributed by atoms with Gasteiger partial charge in [-0.05, 0) is 98.6 Å². The van der Waals surface area contributed by atoms with Crippen LogP contribution >= 0.6 is 0 Å². The van der Waals surface area contributed by atoms with Crippen molar-refractivity contribution in [1.82, 2.24) is 4.98 Å². The molecule has 11 rings (SSSR count). The van der Waals surface area contributed by atoms with Crippen LogP contribution in [0.3, 0.4) is 0 Å². The highest BCUT2D eigenvalue weighted by atomic mass is 16.5. The van der Waals surface area contributed by atoms with Gasteiger partial charge in [-0.3, -0.25) is 4.98 Å². The molecular weight excluding hydrogens is 572 g/mol. The van der Waals surface area contributed by atoms with Crippen molar-refractivity contribution in [3.8, 4) is 33.8 Å². The maximum Gasteiger partial charge on any atom is 0.333 e. The van der Waals surface area contributed by atoms with E-state index < -0.39 is 0 Å². The van der Waals surface area contributed by atoms with Crippen molar-refractivity contribution < 1.29 is 4.74 Å². The minimum Gasteiger partial charge on any atom is -0.458 e. The molecule has 0 saturated carbocycles. The summed E-state index contributed by atoms with van der Waals surface area (Å²) in [5.41, 5.74) is 17.2. The van der Waals surface area contributed by atoms with Crippen LogP contribution in [-0.4, -0.2) is 18.5 Å². The average Bonchev–Trinajstić information content (AvgIpc) is 3.14. The van der Waals surface area contributed by atoms with Gasteiger partial charge < -0.3 is 14.4 Å². The molecule has 0 radical (unpaired) electrons. The largest absolute Gasteiger partial charge is 0.458 e. The van der Waals surface area contributed by atoms with Gasteiger partial charge in [0.15, 0.2) is 0 Å². The number of hydrogen-bond donors (Lipinski definition) is 0. The fourth-order valence-corrected chi connectivity index (χ4v) is 8.54. The Kier molecular flexibility index (Phi) is 4.98. The molecule has 0 unspecified atom stereocenters. The topological polar surface area (TPSA) is 28.6 Å². The summed E-state index contributed by atoms with van der Waals surface area (Å²) in [6.07, 6.45) is 3.73. The molecule has 0 atom stereocenters. The number of anilines is 5. The molecule has 4 aliphatic rings. The molecule has 6 heteroatoms. The lowest BCUT2D eigenvalue weighted by Crippen LogP contribution is -2.68. The Labute approximate surface area is 273 Å². The second kappa shape index (κ2) is 9.27. The standard InChI is InChI=1S/C41H25B2N3O/c1-2-10-28(11-3-1)46-36-24-27(26-20-22-44-23-21-26)18-19-29(36)30-25-38-40-41-39(30)43(46)32-13-5-8-16-35(32)45(41)34-15-7-4-12-31(34)42(40)33-14-6-9-17-37(33)47-38/h1-25H. The van der Waals surface area contributed by atoms with Crippen molar-refractivity contribution in [2.75, 3.05) is 9.71 Å². The van der Waals surface area contributed by atoms with Crippen molar-refractivity contribution >= 4 is 69.3 Å². The summed E-state index contributed by atoms with van der Waals surface area (Å²) >= 11 is 0. The number of para-hydroxylation sites is 4. The number of benzene rings is 6. The lowest BCUT2D eigenvalue weighted by atomic mass is 9.32. The highest BCUT2D eigenvalue weighted by Crippen LogP contribution is 2.49. The first-order valence-corrected chi connectivity index (χ1v) is 16.2. The molecule has 4 aliphatic heterocycles. The van der Waals surface area contributed by atoms with Crippen LogP contribution in [0.25, 0.3) is 22.3 Å². The third-order valence-corrected chi connectivity index (χ3v) is 10.4. The quantitative estimate of drug-likeness (QED) is 0.216. The molecule has 0 fully saturated rings. The number of nitrogens with zero attached hydrogens (tertiary/aromatic N) is 3. The van der Waals surface area contributed by atoms with Crippen LogP contribution in [0.2, 0.25) is 0 Å². The van der Waals surface area contributed by atoms with E-state index in [2.05, 4.69) is 154 Å². The van der Waals surface area contributed by atoms with Crippen LogP contribution in [0.1, 0.15) is 0 Å². The molecule has 0 aliphatic carbocycles. The number of hydrogen-bond acceptors (Lipinski definition) is 4. The summed E-state index contributed by atoms with van der Waals surface area (Å²) in [5, 5.41) is 0. The van der Waals surface area contributed by atoms with E-state index in [0.717, 1.165) is 17.1 Å². The van der Waals surface area contributed by atoms with Gasteiger partial charge in [-0.25, -0.2) is 0 Å². The predicted octanol–water partition coefficient (Wildman–Crippen LogP) is 6.39. The highest BCUT2D eigenvalue weighted by molar-refractivity contribution is 7.01. The van der Waals surface area contributed by atoms with Gasteiger partial charge in [0, 0.05) is 46.4 Å². The average molecular weight is 597 g/mol. The zero-order valence-electron chi connectivity index (χ0n) is 25.3. The molecule has 5 heterocycles. The first-order valence-electron chi connectivity index (χ1n) is 16.2. The molecule has 0 spiro atoms. The minimum absolute atomic E-state index is 0.0385. The SMILES string of the molecule is c1ccc(N2B3c4ccccc4N4c5ccccc5B5c6ccccc6Oc6cc(c3c4c65)-c3ccc(-c4ccncc4)cc32)cc1. The van der Waals surface area contributed by atoms with Gasteiger partial charge in [-0.15, -0.1) is 0 Å². The van der Waals surface area contributed by atoms with Gasteiger partial charge in [0.1, 0.15) is 11.5 Å². The van der Waals surface area contributed by atoms with E-state index in [4.69, 9.17) is 4.74 Å². The van der Waals surface area contributed by atoms with Crippen LogP contribution in [-0.2, 0) is 0 Å². The summed E-state index contributed by atoms with van der Waals surface area (Å²) in [6, 6.07) is 50.8. The normalized spacial score (nSPS) is 14.0. The van der Waals surface area contributed by atoms with Crippen molar-refractivity contribution in [1.29, 1.82) is 0 Å². The van der Waals surface area contributed by atoms with Gasteiger partial charge in [0.05, 0.1) is 0 Å². The van der Waals surface area contributed by atoms with Gasteiger partial charge in [0.2, 0.25) is 0 Å². The monoisotopic (exact) mass is 597 g/mol. The lowest BCUT2D eigenvalue weighted by molar-refractivity contribution is 0.488. The van der Waals surface area contributed by atoms with Gasteiger partial charge in [-0.2, -0.15) is 0 Å². The zero-order valence-corrected chi connectivity index (χ0v) is 25.3. The molecule has 216 valence electrons. The van der Waals surface area contributed by atoms with Crippen LogP contribution in [0.4, 0.5) is 28.4 Å². The van der Waals surface area contributed by atoms with E-state index in [1.165, 1.54) is 72.4 Å². The number of rotatable bonds is 2. The van der Waals surface area contributed by atoms with Crippen molar-refractivity contribution in [3.63, 3.8) is 0 Å². The van der Waals surface area contributed by atoms with Crippen LogP contribution < -0.4 is 41.8 Å². The van der Waals surface area contributed by atoms with E-state index in [-0.39, 0.29) is 13.6 Å². The van der Waals surface area contributed by atoms with E-state index in [1.54, 1.807) is 0 Å². The third kappa shape index (κ3) is 3.31. The van der Waals surface area contributed by atoms with E-state index in [0.29, 0.717) is 0 Å². The fourth-order valence-electron chi connectivity index (χ4n) is 8.54. The number of ether oxygens (including phenoxy) is 1. The van der Waals surface area contributed by atoms with Gasteiger partial charge >= 0.3 is 6.85 Å². The Morgan fingerprint density at radius 2 is 1.21 bits per heavy atom. The number of aromatic nitrogens is 1.